The van der Waals surface area contributed by atoms with Crippen molar-refractivity contribution in [1.82, 2.24) is 0 Å². The van der Waals surface area contributed by atoms with Gasteiger partial charge in [0.15, 0.2) is 0 Å². The van der Waals surface area contributed by atoms with Gasteiger partial charge in [-0.2, -0.15) is 4.36 Å². The zero-order chi connectivity index (χ0) is 10.2. The first-order valence-corrected chi connectivity index (χ1v) is 2.27. The summed E-state index contributed by atoms with van der Waals surface area (Å²) >= 11 is 4.31. The van der Waals surface area contributed by atoms with Crippen molar-refractivity contribution in [2.45, 2.75) is 0 Å². The van der Waals surface area contributed by atoms with Crippen LogP contribution in [0.2, 0.25) is 0 Å². The Bertz CT molecular complexity index is 349. The van der Waals surface area contributed by atoms with Crippen LogP contribution < -0.4 is 0 Å². The molecule has 0 atom stereocenters. The zero-order valence-electron chi connectivity index (χ0n) is 8.86. The van der Waals surface area contributed by atoms with Gasteiger partial charge in [0.25, 0.3) is 0 Å². The van der Waals surface area contributed by atoms with E-state index >= 15 is 0 Å². The van der Waals surface area contributed by atoms with Gasteiger partial charge in [0.05, 0.1) is 12.5 Å². The summed E-state index contributed by atoms with van der Waals surface area (Å²) in [6.45, 7) is 0. The van der Waals surface area contributed by atoms with Crippen molar-refractivity contribution in [3.63, 3.8) is 0 Å². The van der Waals surface area contributed by atoms with Gasteiger partial charge >= 0.3 is 0 Å². The fourth-order valence-corrected chi connectivity index (χ4v) is 0.380. The first-order chi connectivity index (χ1) is 6.00. The average molecular weight is 128 g/mol. The van der Waals surface area contributed by atoms with E-state index in [1.807, 2.05) is 0 Å². The molecule has 1 aromatic carbocycles. The van der Waals surface area contributed by atoms with Crippen molar-refractivity contribution in [2.75, 3.05) is 0 Å². The molecular formula is C6H5NS. The molecule has 8 heavy (non-hydrogen) atoms. The van der Waals surface area contributed by atoms with Crippen LogP contribution in [-0.2, 0) is 12.4 Å². The molecule has 0 unspecified atom stereocenters. The maximum Gasteiger partial charge on any atom is 0.0769 e. The molecule has 40 valence electrons. The van der Waals surface area contributed by atoms with E-state index in [1.165, 1.54) is 0 Å². The molecule has 2 heteroatoms. The third-order valence-electron chi connectivity index (χ3n) is 0.578. The largest absolute Gasteiger partial charge is 0.182 e. The second-order valence-corrected chi connectivity index (χ2v) is 1.25. The maximum atomic E-state index is 7.30. The van der Waals surface area contributed by atoms with Crippen LogP contribution in [0.1, 0.15) is 6.85 Å². The van der Waals surface area contributed by atoms with Gasteiger partial charge in [0.2, 0.25) is 0 Å². The number of nitrogens with zero attached hydrogens (tertiary/aromatic N) is 1. The molecule has 0 fully saturated rings. The van der Waals surface area contributed by atoms with E-state index in [0.29, 0.717) is 0 Å². The summed E-state index contributed by atoms with van der Waals surface area (Å²) in [6.07, 6.45) is 0. The number of benzene rings is 1. The Kier molecular flexibility index (Phi) is 0.594. The fourth-order valence-electron chi connectivity index (χ4n) is 0.289. The summed E-state index contributed by atoms with van der Waals surface area (Å²) in [4.78, 5) is 0. The van der Waals surface area contributed by atoms with Gasteiger partial charge in [-0.1, -0.05) is 18.1 Å². The Morgan fingerprint density at radius 2 is 2.00 bits per heavy atom. The Morgan fingerprint density at radius 1 is 1.38 bits per heavy atom. The van der Waals surface area contributed by atoms with Crippen molar-refractivity contribution in [2.24, 2.45) is 4.36 Å². The SMILES string of the molecule is [2H]c1c([2H])c([2H])c(N=S)c([2H])c1[2H]. The molecule has 0 aliphatic heterocycles. The number of hydrogen-bond donors (Lipinski definition) is 0. The minimum atomic E-state index is -0.433. The molecule has 1 nitrogen and oxygen atoms in total. The highest BCUT2D eigenvalue weighted by atomic mass is 32.1. The monoisotopic (exact) mass is 128 g/mol. The topological polar surface area (TPSA) is 12.4 Å². The summed E-state index contributed by atoms with van der Waals surface area (Å²) in [5.41, 5.74) is -0.180. The molecule has 0 spiro atoms. The molecule has 0 aromatic heterocycles. The molecule has 0 aliphatic rings. The van der Waals surface area contributed by atoms with Crippen molar-refractivity contribution >= 4 is 18.1 Å². The van der Waals surface area contributed by atoms with E-state index in [1.54, 1.807) is 0 Å². The van der Waals surface area contributed by atoms with Gasteiger partial charge in [-0.25, -0.2) is 0 Å². The van der Waals surface area contributed by atoms with E-state index in [4.69, 9.17) is 6.85 Å². The fraction of sp³-hybridized carbons (Fsp3) is 0. The second-order valence-electron chi connectivity index (χ2n) is 1.06. The summed E-state index contributed by atoms with van der Waals surface area (Å²) in [7, 11) is 0. The van der Waals surface area contributed by atoms with E-state index in [2.05, 4.69) is 16.8 Å². The molecule has 0 amide bonds. The van der Waals surface area contributed by atoms with Crippen LogP contribution in [0.5, 0.6) is 0 Å². The first kappa shape index (κ1) is 1.88. The van der Waals surface area contributed by atoms with Crippen molar-refractivity contribution in [3.05, 3.63) is 30.2 Å². The molecule has 0 aliphatic carbocycles. The van der Waals surface area contributed by atoms with Gasteiger partial charge in [0, 0.05) is 12.4 Å². The Hall–Kier alpha value is -0.760. The molecule has 0 N–H and O–H groups in total. The maximum absolute atomic E-state index is 7.30. The summed E-state index contributed by atoms with van der Waals surface area (Å²) in [6, 6.07) is -1.98. The van der Waals surface area contributed by atoms with Gasteiger partial charge in [-0.3, -0.25) is 0 Å². The zero-order valence-corrected chi connectivity index (χ0v) is 4.67. The smallest absolute Gasteiger partial charge is 0.0769 e. The Balaban J connectivity index is 3.66. The molecule has 0 saturated carbocycles. The minimum absolute atomic E-state index is 0.180. The highest BCUT2D eigenvalue weighted by molar-refractivity contribution is 7.47. The summed E-state index contributed by atoms with van der Waals surface area (Å²) in [5.74, 6) is 0. The van der Waals surface area contributed by atoms with Crippen molar-refractivity contribution in [3.8, 4) is 0 Å². The standard InChI is InChI=1S/C6H5NS/c8-7-6-4-2-1-3-5-6/h1-5H/i1D,2D,3D,4D,5D. The lowest BCUT2D eigenvalue weighted by Gasteiger charge is -1.83. The Labute approximate surface area is 60.5 Å². The lowest BCUT2D eigenvalue weighted by atomic mass is 10.3. The molecular weight excluding hydrogens is 118 g/mol. The normalized spacial score (nSPS) is 17.2. The third-order valence-corrected chi connectivity index (χ3v) is 0.761. The van der Waals surface area contributed by atoms with Gasteiger partial charge in [-0.05, 0) is 12.1 Å². The van der Waals surface area contributed by atoms with Crippen LogP contribution in [0.25, 0.3) is 0 Å². The molecule has 0 heterocycles. The average Bonchev–Trinajstić information content (AvgIpc) is 2.13. The summed E-state index contributed by atoms with van der Waals surface area (Å²) in [5, 5.41) is 0. The minimum Gasteiger partial charge on any atom is -0.182 e. The third kappa shape index (κ3) is 1.10. The highest BCUT2D eigenvalue weighted by Gasteiger charge is 1.78. The van der Waals surface area contributed by atoms with Crippen LogP contribution in [0.3, 0.4) is 0 Å². The molecule has 1 rings (SSSR count). The van der Waals surface area contributed by atoms with Crippen LogP contribution in [0.4, 0.5) is 5.69 Å². The lowest BCUT2D eigenvalue weighted by molar-refractivity contribution is 1.58. The van der Waals surface area contributed by atoms with Crippen molar-refractivity contribution < 1.29 is 6.85 Å². The number of rotatable bonds is 1. The Morgan fingerprint density at radius 3 is 2.50 bits per heavy atom. The van der Waals surface area contributed by atoms with Gasteiger partial charge < -0.3 is 0 Å². The van der Waals surface area contributed by atoms with Gasteiger partial charge in [0.1, 0.15) is 0 Å². The highest BCUT2D eigenvalue weighted by Crippen LogP contribution is 2.07. The van der Waals surface area contributed by atoms with E-state index < -0.39 is 18.1 Å². The van der Waals surface area contributed by atoms with Gasteiger partial charge in [-0.15, -0.1) is 0 Å². The van der Waals surface area contributed by atoms with Crippen LogP contribution in [0.15, 0.2) is 34.6 Å². The van der Waals surface area contributed by atoms with Crippen molar-refractivity contribution in [1.29, 1.82) is 0 Å². The van der Waals surface area contributed by atoms with E-state index in [-0.39, 0.29) is 17.8 Å². The molecule has 0 saturated heterocycles. The second kappa shape index (κ2) is 2.52. The molecule has 0 radical (unpaired) electrons. The molecule has 1 aromatic rings. The summed E-state index contributed by atoms with van der Waals surface area (Å²) < 4.78 is 39.5. The van der Waals surface area contributed by atoms with Crippen LogP contribution in [0, 0.1) is 0 Å². The predicted molar refractivity (Wildman–Crippen MR) is 35.9 cm³/mol. The lowest BCUT2D eigenvalue weighted by Crippen LogP contribution is -1.56. The predicted octanol–water partition coefficient (Wildman–Crippen LogP) is 2.05. The van der Waals surface area contributed by atoms with Crippen LogP contribution >= 0.6 is 0 Å². The quantitative estimate of drug-likeness (QED) is 0.564. The first-order valence-electron chi connectivity index (χ1n) is 4.41. The molecule has 0 bridgehead atoms. The van der Waals surface area contributed by atoms with E-state index in [0.717, 1.165) is 0 Å². The number of hydrogen-bond acceptors (Lipinski definition) is 2. The van der Waals surface area contributed by atoms with E-state index in [9.17, 15) is 0 Å². The van der Waals surface area contributed by atoms with Crippen LogP contribution in [-0.4, -0.2) is 0 Å².